The molecule has 0 bridgehead atoms. The van der Waals surface area contributed by atoms with Crippen LogP contribution in [0.15, 0.2) is 60.0 Å². The number of hydrogen-bond donors (Lipinski definition) is 2. The van der Waals surface area contributed by atoms with Crippen LogP contribution in [-0.2, 0) is 17.9 Å². The van der Waals surface area contributed by atoms with Gasteiger partial charge in [0.05, 0.1) is 11.6 Å². The summed E-state index contributed by atoms with van der Waals surface area (Å²) in [7, 11) is 0. The second-order valence-corrected chi connectivity index (χ2v) is 8.41. The fraction of sp³-hybridized carbons (Fsp3) is 0.304. The van der Waals surface area contributed by atoms with Crippen molar-refractivity contribution in [2.24, 2.45) is 11.7 Å². The highest BCUT2D eigenvalue weighted by Crippen LogP contribution is 2.25. The Morgan fingerprint density at radius 2 is 2.00 bits per heavy atom. The van der Waals surface area contributed by atoms with Gasteiger partial charge >= 0.3 is 0 Å². The van der Waals surface area contributed by atoms with Crippen LogP contribution >= 0.6 is 11.3 Å². The number of likely N-dealkylation sites (tertiary alicyclic amines) is 1. The van der Waals surface area contributed by atoms with Crippen molar-refractivity contribution in [2.45, 2.75) is 25.9 Å². The standard InChI is InChI=1S/C23H26N4OS/c24-22(28)20-10-5-11-27(15-20)14-18-7-4-6-17(12-18)13-25-23-26-21(16-29-23)19-8-2-1-3-9-19/h1-4,6-9,12,16,20H,5,10-11,13-15H2,(H2,24,28)(H,25,26). The minimum Gasteiger partial charge on any atom is -0.369 e. The molecule has 3 N–H and O–H groups in total. The molecule has 1 aliphatic heterocycles. The minimum absolute atomic E-state index is 0.0164. The monoisotopic (exact) mass is 406 g/mol. The maximum atomic E-state index is 11.5. The second-order valence-electron chi connectivity index (χ2n) is 7.55. The van der Waals surface area contributed by atoms with Crippen molar-refractivity contribution in [2.75, 3.05) is 18.4 Å². The molecular formula is C23H26N4OS. The van der Waals surface area contributed by atoms with Crippen LogP contribution in [0, 0.1) is 5.92 Å². The van der Waals surface area contributed by atoms with E-state index in [2.05, 4.69) is 52.0 Å². The summed E-state index contributed by atoms with van der Waals surface area (Å²) in [6.07, 6.45) is 1.94. The van der Waals surface area contributed by atoms with Gasteiger partial charge in [-0.15, -0.1) is 11.3 Å². The van der Waals surface area contributed by atoms with Crippen LogP contribution in [0.3, 0.4) is 0 Å². The lowest BCUT2D eigenvalue weighted by atomic mass is 9.97. The second kappa shape index (κ2) is 9.20. The van der Waals surface area contributed by atoms with Crippen molar-refractivity contribution < 1.29 is 4.79 Å². The summed E-state index contributed by atoms with van der Waals surface area (Å²) in [6.45, 7) is 3.37. The number of amides is 1. The number of primary amides is 1. The molecule has 5 nitrogen and oxygen atoms in total. The third kappa shape index (κ3) is 5.22. The van der Waals surface area contributed by atoms with Crippen LogP contribution in [0.4, 0.5) is 5.13 Å². The first-order valence-corrected chi connectivity index (χ1v) is 10.9. The predicted molar refractivity (Wildman–Crippen MR) is 119 cm³/mol. The molecule has 4 rings (SSSR count). The molecule has 6 heteroatoms. The summed E-state index contributed by atoms with van der Waals surface area (Å²) >= 11 is 1.62. The van der Waals surface area contributed by atoms with E-state index < -0.39 is 0 Å². The number of nitrogens with zero attached hydrogens (tertiary/aromatic N) is 2. The first kappa shape index (κ1) is 19.6. The van der Waals surface area contributed by atoms with E-state index in [1.165, 1.54) is 11.1 Å². The number of nitrogens with one attached hydrogen (secondary N) is 1. The van der Waals surface area contributed by atoms with E-state index >= 15 is 0 Å². The molecule has 0 aliphatic carbocycles. The highest BCUT2D eigenvalue weighted by molar-refractivity contribution is 7.14. The smallest absolute Gasteiger partial charge is 0.221 e. The first-order valence-electron chi connectivity index (χ1n) is 10.0. The Labute approximate surface area is 175 Å². The van der Waals surface area contributed by atoms with Crippen LogP contribution < -0.4 is 11.1 Å². The maximum Gasteiger partial charge on any atom is 0.221 e. The zero-order valence-electron chi connectivity index (χ0n) is 16.4. The van der Waals surface area contributed by atoms with Crippen molar-refractivity contribution in [3.8, 4) is 11.3 Å². The van der Waals surface area contributed by atoms with E-state index in [9.17, 15) is 4.79 Å². The summed E-state index contributed by atoms with van der Waals surface area (Å²) in [6, 6.07) is 18.8. The van der Waals surface area contributed by atoms with E-state index in [0.29, 0.717) is 0 Å². The quantitative estimate of drug-likeness (QED) is 0.619. The van der Waals surface area contributed by atoms with E-state index in [1.54, 1.807) is 11.3 Å². The van der Waals surface area contributed by atoms with E-state index in [-0.39, 0.29) is 11.8 Å². The fourth-order valence-electron chi connectivity index (χ4n) is 3.80. The van der Waals surface area contributed by atoms with Gasteiger partial charge in [-0.2, -0.15) is 0 Å². The third-order valence-corrected chi connectivity index (χ3v) is 6.12. The Morgan fingerprint density at radius 3 is 2.83 bits per heavy atom. The molecule has 1 amide bonds. The number of aromatic nitrogens is 1. The number of benzene rings is 2. The van der Waals surface area contributed by atoms with Gasteiger partial charge in [-0.3, -0.25) is 9.69 Å². The minimum atomic E-state index is -0.175. The molecule has 1 aromatic heterocycles. The van der Waals surface area contributed by atoms with Crippen molar-refractivity contribution in [3.05, 3.63) is 71.1 Å². The van der Waals surface area contributed by atoms with Gasteiger partial charge in [0.15, 0.2) is 5.13 Å². The molecule has 0 saturated carbocycles. The van der Waals surface area contributed by atoms with Crippen LogP contribution in [0.2, 0.25) is 0 Å². The number of hydrogen-bond acceptors (Lipinski definition) is 5. The zero-order chi connectivity index (χ0) is 20.1. The van der Waals surface area contributed by atoms with Crippen molar-refractivity contribution in [1.29, 1.82) is 0 Å². The Morgan fingerprint density at radius 1 is 1.17 bits per heavy atom. The number of carbonyl (C=O) groups is 1. The molecule has 1 unspecified atom stereocenters. The average Bonchev–Trinajstić information content (AvgIpc) is 3.23. The Bertz CT molecular complexity index is 956. The Kier molecular flexibility index (Phi) is 6.22. The number of nitrogens with two attached hydrogens (primary N) is 1. The largest absolute Gasteiger partial charge is 0.369 e. The summed E-state index contributed by atoms with van der Waals surface area (Å²) < 4.78 is 0. The Balaban J connectivity index is 1.35. The predicted octanol–water partition coefficient (Wildman–Crippen LogP) is 4.12. The molecule has 1 saturated heterocycles. The molecule has 2 aromatic carbocycles. The topological polar surface area (TPSA) is 71.2 Å². The van der Waals surface area contributed by atoms with Crippen molar-refractivity contribution >= 4 is 22.4 Å². The lowest BCUT2D eigenvalue weighted by molar-refractivity contribution is -0.123. The molecule has 0 radical (unpaired) electrons. The number of thiazole rings is 1. The third-order valence-electron chi connectivity index (χ3n) is 5.32. The van der Waals surface area contributed by atoms with Gasteiger partial charge in [-0.1, -0.05) is 54.6 Å². The molecule has 1 fully saturated rings. The summed E-state index contributed by atoms with van der Waals surface area (Å²) in [5.74, 6) is -0.191. The number of carbonyl (C=O) groups excluding carboxylic acids is 1. The fourth-order valence-corrected chi connectivity index (χ4v) is 4.52. The highest BCUT2D eigenvalue weighted by Gasteiger charge is 2.23. The summed E-state index contributed by atoms with van der Waals surface area (Å²) in [5.41, 5.74) is 10.1. The summed E-state index contributed by atoms with van der Waals surface area (Å²) in [5, 5.41) is 6.45. The molecule has 1 atom stereocenters. The first-order chi connectivity index (χ1) is 14.2. The molecule has 150 valence electrons. The van der Waals surface area contributed by atoms with Gasteiger partial charge in [0, 0.05) is 30.6 Å². The average molecular weight is 407 g/mol. The molecule has 3 aromatic rings. The maximum absolute atomic E-state index is 11.5. The van der Waals surface area contributed by atoms with Crippen molar-refractivity contribution in [3.63, 3.8) is 0 Å². The SMILES string of the molecule is NC(=O)C1CCCN(Cc2cccc(CNc3nc(-c4ccccc4)cs3)c2)C1. The number of rotatable bonds is 7. The van der Waals surface area contributed by atoms with Crippen molar-refractivity contribution in [1.82, 2.24) is 9.88 Å². The van der Waals surface area contributed by atoms with E-state index in [1.807, 2.05) is 18.2 Å². The normalized spacial score (nSPS) is 17.2. The zero-order valence-corrected chi connectivity index (χ0v) is 17.2. The number of anilines is 1. The molecule has 1 aliphatic rings. The summed E-state index contributed by atoms with van der Waals surface area (Å²) in [4.78, 5) is 18.5. The lowest BCUT2D eigenvalue weighted by Gasteiger charge is -2.31. The van der Waals surface area contributed by atoms with Gasteiger partial charge in [-0.25, -0.2) is 4.98 Å². The van der Waals surface area contributed by atoms with Crippen LogP contribution in [0.1, 0.15) is 24.0 Å². The highest BCUT2D eigenvalue weighted by atomic mass is 32.1. The van der Waals surface area contributed by atoms with E-state index in [0.717, 1.165) is 55.4 Å². The van der Waals surface area contributed by atoms with Crippen LogP contribution in [0.25, 0.3) is 11.3 Å². The Hall–Kier alpha value is -2.70. The molecular weight excluding hydrogens is 380 g/mol. The molecule has 2 heterocycles. The van der Waals surface area contributed by atoms with Gasteiger partial charge < -0.3 is 11.1 Å². The lowest BCUT2D eigenvalue weighted by Crippen LogP contribution is -2.40. The molecule has 29 heavy (non-hydrogen) atoms. The van der Waals surface area contributed by atoms with Crippen LogP contribution in [0.5, 0.6) is 0 Å². The van der Waals surface area contributed by atoms with E-state index in [4.69, 9.17) is 10.7 Å². The number of piperidine rings is 1. The van der Waals surface area contributed by atoms with Gasteiger partial charge in [0.25, 0.3) is 0 Å². The van der Waals surface area contributed by atoms with Gasteiger partial charge in [0.1, 0.15) is 0 Å². The van der Waals surface area contributed by atoms with Gasteiger partial charge in [0.2, 0.25) is 5.91 Å². The van der Waals surface area contributed by atoms with Crippen LogP contribution in [-0.4, -0.2) is 28.9 Å². The molecule has 0 spiro atoms. The van der Waals surface area contributed by atoms with Gasteiger partial charge in [-0.05, 0) is 30.5 Å².